The summed E-state index contributed by atoms with van der Waals surface area (Å²) in [6, 6.07) is 10.2. The fraction of sp³-hybridized carbons (Fsp3) is 0.588. The molecule has 0 aliphatic heterocycles. The van der Waals surface area contributed by atoms with Gasteiger partial charge < -0.3 is 9.84 Å². The highest BCUT2D eigenvalue weighted by atomic mass is 16.5. The molecule has 0 amide bonds. The van der Waals surface area contributed by atoms with Gasteiger partial charge in [0, 0.05) is 19.6 Å². The first-order valence-electron chi connectivity index (χ1n) is 7.70. The predicted molar refractivity (Wildman–Crippen MR) is 81.7 cm³/mol. The molecule has 4 nitrogen and oxygen atoms in total. The van der Waals surface area contributed by atoms with Crippen molar-refractivity contribution in [1.29, 1.82) is 0 Å². The minimum absolute atomic E-state index is 0.0657. The molecule has 1 saturated carbocycles. The average molecular weight is 291 g/mol. The minimum Gasteiger partial charge on any atom is -0.466 e. The average Bonchev–Trinajstić information content (AvgIpc) is 3.19. The number of nitrogens with zero attached hydrogens (tertiary/aromatic N) is 1. The van der Waals surface area contributed by atoms with Crippen LogP contribution in [0.2, 0.25) is 0 Å². The fourth-order valence-electron chi connectivity index (χ4n) is 2.76. The number of hydrogen-bond donors (Lipinski definition) is 1. The van der Waals surface area contributed by atoms with Crippen LogP contribution < -0.4 is 0 Å². The predicted octanol–water partition coefficient (Wildman–Crippen LogP) is 2.21. The van der Waals surface area contributed by atoms with Gasteiger partial charge in [0.1, 0.15) is 0 Å². The summed E-state index contributed by atoms with van der Waals surface area (Å²) >= 11 is 0. The van der Waals surface area contributed by atoms with Gasteiger partial charge in [0.05, 0.1) is 19.6 Å². The second-order valence-electron chi connectivity index (χ2n) is 5.90. The van der Waals surface area contributed by atoms with Crippen LogP contribution >= 0.6 is 0 Å². The van der Waals surface area contributed by atoms with Crippen molar-refractivity contribution in [3.63, 3.8) is 0 Å². The Balaban J connectivity index is 1.91. The molecule has 0 saturated heterocycles. The molecule has 0 spiro atoms. The molecule has 1 aromatic carbocycles. The number of ether oxygens (including phenoxy) is 1. The molecule has 21 heavy (non-hydrogen) atoms. The van der Waals surface area contributed by atoms with E-state index in [0.29, 0.717) is 19.6 Å². The zero-order valence-electron chi connectivity index (χ0n) is 12.8. The van der Waals surface area contributed by atoms with Crippen LogP contribution in [0, 0.1) is 5.41 Å². The number of benzene rings is 1. The van der Waals surface area contributed by atoms with Crippen LogP contribution in [-0.4, -0.2) is 42.3 Å². The van der Waals surface area contributed by atoms with Gasteiger partial charge in [-0.05, 0) is 30.7 Å². The van der Waals surface area contributed by atoms with E-state index in [4.69, 9.17) is 4.74 Å². The second-order valence-corrected chi connectivity index (χ2v) is 5.90. The van der Waals surface area contributed by atoms with Gasteiger partial charge in [0.2, 0.25) is 0 Å². The molecule has 1 N–H and O–H groups in total. The summed E-state index contributed by atoms with van der Waals surface area (Å²) in [7, 11) is 0. The lowest BCUT2D eigenvalue weighted by atomic mass is 10.0. The molecule has 2 rings (SSSR count). The van der Waals surface area contributed by atoms with Gasteiger partial charge in [-0.2, -0.15) is 0 Å². The maximum absolute atomic E-state index is 11.7. The van der Waals surface area contributed by atoms with Crippen molar-refractivity contribution in [3.05, 3.63) is 35.9 Å². The molecule has 0 atom stereocenters. The summed E-state index contributed by atoms with van der Waals surface area (Å²) in [6.07, 6.45) is 2.64. The quantitative estimate of drug-likeness (QED) is 0.709. The van der Waals surface area contributed by atoms with E-state index in [2.05, 4.69) is 17.0 Å². The van der Waals surface area contributed by atoms with Crippen molar-refractivity contribution >= 4 is 5.97 Å². The molecule has 0 aromatic heterocycles. The largest absolute Gasteiger partial charge is 0.466 e. The highest BCUT2D eigenvalue weighted by molar-refractivity contribution is 5.70. The summed E-state index contributed by atoms with van der Waals surface area (Å²) in [6.45, 7) is 4.72. The van der Waals surface area contributed by atoms with Gasteiger partial charge in [-0.15, -0.1) is 0 Å². The molecule has 0 radical (unpaired) electrons. The topological polar surface area (TPSA) is 49.8 Å². The first kappa shape index (κ1) is 16.0. The summed E-state index contributed by atoms with van der Waals surface area (Å²) in [5.41, 5.74) is 1.30. The fourth-order valence-corrected chi connectivity index (χ4v) is 2.76. The van der Waals surface area contributed by atoms with E-state index in [1.807, 2.05) is 25.1 Å². The molecule has 1 fully saturated rings. The molecular formula is C17H25NO3. The van der Waals surface area contributed by atoms with Crippen molar-refractivity contribution in [2.45, 2.75) is 32.7 Å². The Kier molecular flexibility index (Phi) is 5.76. The standard InChI is InChI=1S/C17H25NO3/c1-2-21-16(20)12-17(8-9-17)14-18(10-11-19)13-15-6-4-3-5-7-15/h3-7,19H,2,8-14H2,1H3. The maximum atomic E-state index is 11.7. The number of aliphatic hydroxyl groups is 1. The van der Waals surface area contributed by atoms with Crippen LogP contribution in [0.15, 0.2) is 30.3 Å². The van der Waals surface area contributed by atoms with Crippen molar-refractivity contribution in [1.82, 2.24) is 4.90 Å². The molecule has 1 aliphatic carbocycles. The smallest absolute Gasteiger partial charge is 0.306 e. The van der Waals surface area contributed by atoms with Crippen LogP contribution in [0.1, 0.15) is 31.7 Å². The van der Waals surface area contributed by atoms with Crippen LogP contribution in [0.3, 0.4) is 0 Å². The van der Waals surface area contributed by atoms with Crippen LogP contribution in [-0.2, 0) is 16.1 Å². The van der Waals surface area contributed by atoms with Crippen molar-refractivity contribution in [3.8, 4) is 0 Å². The van der Waals surface area contributed by atoms with E-state index in [1.54, 1.807) is 0 Å². The number of carbonyl (C=O) groups excluding carboxylic acids is 1. The summed E-state index contributed by atoms with van der Waals surface area (Å²) in [5, 5.41) is 9.26. The Morgan fingerprint density at radius 2 is 2.05 bits per heavy atom. The Morgan fingerprint density at radius 1 is 1.33 bits per heavy atom. The second kappa shape index (κ2) is 7.57. The van der Waals surface area contributed by atoms with E-state index in [9.17, 15) is 9.90 Å². The third kappa shape index (κ3) is 5.14. The SMILES string of the molecule is CCOC(=O)CC1(CN(CCO)Cc2ccccc2)CC1. The summed E-state index contributed by atoms with van der Waals surface area (Å²) < 4.78 is 5.07. The lowest BCUT2D eigenvalue weighted by molar-refractivity contribution is -0.144. The Bertz CT molecular complexity index is 443. The summed E-state index contributed by atoms with van der Waals surface area (Å²) in [4.78, 5) is 13.9. The van der Waals surface area contributed by atoms with Crippen LogP contribution in [0.4, 0.5) is 0 Å². The molecular weight excluding hydrogens is 266 g/mol. The Hall–Kier alpha value is -1.39. The van der Waals surface area contributed by atoms with E-state index < -0.39 is 0 Å². The molecule has 0 heterocycles. The van der Waals surface area contributed by atoms with Crippen molar-refractivity contribution < 1.29 is 14.6 Å². The monoisotopic (exact) mass is 291 g/mol. The first-order chi connectivity index (χ1) is 10.2. The Morgan fingerprint density at radius 3 is 2.62 bits per heavy atom. The molecule has 4 heteroatoms. The highest BCUT2D eigenvalue weighted by Crippen LogP contribution is 2.49. The zero-order valence-corrected chi connectivity index (χ0v) is 12.8. The molecule has 116 valence electrons. The lowest BCUT2D eigenvalue weighted by Gasteiger charge is -2.26. The van der Waals surface area contributed by atoms with Gasteiger partial charge in [-0.3, -0.25) is 9.69 Å². The van der Waals surface area contributed by atoms with Gasteiger partial charge in [-0.25, -0.2) is 0 Å². The van der Waals surface area contributed by atoms with E-state index in [1.165, 1.54) is 5.56 Å². The molecule has 0 unspecified atom stereocenters. The van der Waals surface area contributed by atoms with E-state index in [-0.39, 0.29) is 18.0 Å². The Labute approximate surface area is 126 Å². The highest BCUT2D eigenvalue weighted by Gasteiger charge is 2.45. The van der Waals surface area contributed by atoms with Gasteiger partial charge in [0.15, 0.2) is 0 Å². The first-order valence-corrected chi connectivity index (χ1v) is 7.70. The van der Waals surface area contributed by atoms with Gasteiger partial charge >= 0.3 is 5.97 Å². The van der Waals surface area contributed by atoms with E-state index in [0.717, 1.165) is 25.9 Å². The summed E-state index contributed by atoms with van der Waals surface area (Å²) in [5.74, 6) is -0.0985. The maximum Gasteiger partial charge on any atom is 0.306 e. The van der Waals surface area contributed by atoms with Crippen molar-refractivity contribution in [2.24, 2.45) is 5.41 Å². The minimum atomic E-state index is -0.0985. The number of esters is 1. The third-order valence-corrected chi connectivity index (χ3v) is 4.01. The molecule has 1 aliphatic rings. The van der Waals surface area contributed by atoms with Crippen molar-refractivity contribution in [2.75, 3.05) is 26.3 Å². The van der Waals surface area contributed by atoms with Gasteiger partial charge in [0.25, 0.3) is 0 Å². The number of hydrogen-bond acceptors (Lipinski definition) is 4. The van der Waals surface area contributed by atoms with Crippen LogP contribution in [0.25, 0.3) is 0 Å². The zero-order chi connectivity index (χ0) is 15.1. The number of rotatable bonds is 9. The van der Waals surface area contributed by atoms with Gasteiger partial charge in [-0.1, -0.05) is 30.3 Å². The number of carbonyl (C=O) groups is 1. The third-order valence-electron chi connectivity index (χ3n) is 4.01. The normalized spacial score (nSPS) is 16.0. The lowest BCUT2D eigenvalue weighted by Crippen LogP contribution is -2.33. The number of aliphatic hydroxyl groups excluding tert-OH is 1. The van der Waals surface area contributed by atoms with E-state index >= 15 is 0 Å². The molecule has 0 bridgehead atoms. The molecule has 1 aromatic rings. The van der Waals surface area contributed by atoms with Crippen LogP contribution in [0.5, 0.6) is 0 Å².